The lowest BCUT2D eigenvalue weighted by atomic mass is 10.00. The third kappa shape index (κ3) is 5.25. The number of hydrogen-bond donors (Lipinski definition) is 2. The number of aromatic nitrogens is 3. The standard InChI is InChI=1S/C32H33N5O3/c1-38-27-13-10-23(29(20-27)39-2)21-35-32-30-28(16-19-34-32)37(24-14-17-33-18-15-24)36-31(30)22-8-11-26(12-9-22)40-25-6-4-3-5-7-25/h3-11,13-14,16-17,19-20,24,26,33H,12,15,18,21H2,1-2H3,(H,34,35). The number of hydrogen-bond acceptors (Lipinski definition) is 7. The second-order valence-electron chi connectivity index (χ2n) is 9.77. The Labute approximate surface area is 234 Å². The minimum atomic E-state index is -0.0230. The minimum Gasteiger partial charge on any atom is -0.497 e. The highest BCUT2D eigenvalue weighted by Crippen LogP contribution is 2.35. The number of rotatable bonds is 9. The van der Waals surface area contributed by atoms with Crippen molar-refractivity contribution < 1.29 is 14.2 Å². The first-order valence-corrected chi connectivity index (χ1v) is 13.6. The van der Waals surface area contributed by atoms with Crippen LogP contribution >= 0.6 is 0 Å². The van der Waals surface area contributed by atoms with Gasteiger partial charge in [-0.3, -0.25) is 4.68 Å². The Morgan fingerprint density at radius 1 is 1.02 bits per heavy atom. The molecule has 0 radical (unpaired) electrons. The summed E-state index contributed by atoms with van der Waals surface area (Å²) >= 11 is 0. The van der Waals surface area contributed by atoms with Crippen molar-refractivity contribution in [3.05, 3.63) is 103 Å². The van der Waals surface area contributed by atoms with Crippen molar-refractivity contribution in [3.63, 3.8) is 0 Å². The van der Waals surface area contributed by atoms with Crippen LogP contribution in [0.4, 0.5) is 5.82 Å². The Bertz CT molecular complexity index is 1570. The fourth-order valence-corrected chi connectivity index (χ4v) is 5.18. The molecule has 1 aliphatic heterocycles. The molecule has 2 atom stereocenters. The van der Waals surface area contributed by atoms with E-state index in [-0.39, 0.29) is 12.1 Å². The minimum absolute atomic E-state index is 0.0230. The summed E-state index contributed by atoms with van der Waals surface area (Å²) in [7, 11) is 3.32. The summed E-state index contributed by atoms with van der Waals surface area (Å²) in [5.74, 6) is 3.17. The summed E-state index contributed by atoms with van der Waals surface area (Å²) in [6, 6.07) is 18.0. The Kier molecular flexibility index (Phi) is 7.39. The maximum atomic E-state index is 6.16. The zero-order valence-corrected chi connectivity index (χ0v) is 22.7. The van der Waals surface area contributed by atoms with E-state index in [9.17, 15) is 0 Å². The summed E-state index contributed by atoms with van der Waals surface area (Å²) < 4.78 is 19.3. The lowest BCUT2D eigenvalue weighted by Gasteiger charge is -2.19. The molecule has 0 spiro atoms. The van der Waals surface area contributed by atoms with Crippen molar-refractivity contribution in [3.8, 4) is 17.2 Å². The Morgan fingerprint density at radius 2 is 1.93 bits per heavy atom. The van der Waals surface area contributed by atoms with Crippen molar-refractivity contribution in [1.82, 2.24) is 20.1 Å². The molecular weight excluding hydrogens is 502 g/mol. The Hall–Kier alpha value is -4.72. The predicted molar refractivity (Wildman–Crippen MR) is 158 cm³/mol. The van der Waals surface area contributed by atoms with Gasteiger partial charge in [-0.15, -0.1) is 0 Å². The van der Waals surface area contributed by atoms with Gasteiger partial charge < -0.3 is 24.8 Å². The van der Waals surface area contributed by atoms with Gasteiger partial charge in [0, 0.05) is 37.3 Å². The van der Waals surface area contributed by atoms with E-state index in [2.05, 4.69) is 45.7 Å². The number of fused-ring (bicyclic) bond motifs is 1. The van der Waals surface area contributed by atoms with E-state index in [1.807, 2.05) is 60.9 Å². The molecule has 2 unspecified atom stereocenters. The lowest BCUT2D eigenvalue weighted by Crippen LogP contribution is -2.20. The van der Waals surface area contributed by atoms with Gasteiger partial charge in [0.1, 0.15) is 34.9 Å². The van der Waals surface area contributed by atoms with Crippen LogP contribution in [0.2, 0.25) is 0 Å². The number of pyridine rings is 1. The van der Waals surface area contributed by atoms with E-state index in [1.165, 1.54) is 0 Å². The SMILES string of the molecule is COc1ccc(CNc2nccc3c2c(C2=CCC(Oc4ccccc4)C=C2)nn3C2C=CNCC2)c(OC)c1. The predicted octanol–water partition coefficient (Wildman–Crippen LogP) is 5.90. The fraction of sp³-hybridized carbons (Fsp3) is 0.250. The van der Waals surface area contributed by atoms with Gasteiger partial charge >= 0.3 is 0 Å². The largest absolute Gasteiger partial charge is 0.497 e. The molecule has 4 aromatic rings. The highest BCUT2D eigenvalue weighted by atomic mass is 16.5. The first-order valence-electron chi connectivity index (χ1n) is 13.6. The summed E-state index contributed by atoms with van der Waals surface area (Å²) in [5.41, 5.74) is 4.03. The molecule has 40 heavy (non-hydrogen) atoms. The van der Waals surface area contributed by atoms with Gasteiger partial charge in [0.05, 0.1) is 31.2 Å². The highest BCUT2D eigenvalue weighted by Gasteiger charge is 2.23. The second-order valence-corrected chi connectivity index (χ2v) is 9.77. The second kappa shape index (κ2) is 11.6. The third-order valence-corrected chi connectivity index (χ3v) is 7.26. The smallest absolute Gasteiger partial charge is 0.137 e. The molecular formula is C32H33N5O3. The summed E-state index contributed by atoms with van der Waals surface area (Å²) in [4.78, 5) is 4.76. The molecule has 0 saturated heterocycles. The first-order chi connectivity index (χ1) is 19.7. The van der Waals surface area contributed by atoms with Crippen LogP contribution in [-0.4, -0.2) is 41.6 Å². The van der Waals surface area contributed by atoms with Crippen molar-refractivity contribution in [2.75, 3.05) is 26.1 Å². The van der Waals surface area contributed by atoms with Crippen LogP contribution in [-0.2, 0) is 6.54 Å². The Morgan fingerprint density at radius 3 is 2.67 bits per heavy atom. The van der Waals surface area contributed by atoms with E-state index in [4.69, 9.17) is 24.3 Å². The van der Waals surface area contributed by atoms with Gasteiger partial charge in [0.25, 0.3) is 0 Å². The first kappa shape index (κ1) is 25.6. The maximum Gasteiger partial charge on any atom is 0.137 e. The fourth-order valence-electron chi connectivity index (χ4n) is 5.18. The van der Waals surface area contributed by atoms with E-state index in [1.54, 1.807) is 14.2 Å². The van der Waals surface area contributed by atoms with E-state index < -0.39 is 0 Å². The summed E-state index contributed by atoms with van der Waals surface area (Å²) in [6.45, 7) is 1.45. The number of ether oxygens (including phenoxy) is 3. The quantitative estimate of drug-likeness (QED) is 0.276. The van der Waals surface area contributed by atoms with Crippen LogP contribution in [0, 0.1) is 0 Å². The number of allylic oxidation sites excluding steroid dienone is 3. The van der Waals surface area contributed by atoms with Gasteiger partial charge in [-0.2, -0.15) is 5.10 Å². The van der Waals surface area contributed by atoms with Crippen LogP contribution in [0.5, 0.6) is 17.2 Å². The van der Waals surface area contributed by atoms with Crippen LogP contribution in [0.3, 0.4) is 0 Å². The molecule has 2 aromatic carbocycles. The van der Waals surface area contributed by atoms with Crippen LogP contribution < -0.4 is 24.8 Å². The molecule has 1 aliphatic carbocycles. The molecule has 204 valence electrons. The number of benzene rings is 2. The van der Waals surface area contributed by atoms with Gasteiger partial charge in [-0.25, -0.2) is 4.98 Å². The van der Waals surface area contributed by atoms with Crippen LogP contribution in [0.25, 0.3) is 16.5 Å². The third-order valence-electron chi connectivity index (χ3n) is 7.26. The van der Waals surface area contributed by atoms with Gasteiger partial charge in [0.15, 0.2) is 0 Å². The summed E-state index contributed by atoms with van der Waals surface area (Å²) in [5, 5.41) is 13.0. The van der Waals surface area contributed by atoms with Gasteiger partial charge in [-0.05, 0) is 60.7 Å². The zero-order chi connectivity index (χ0) is 27.3. The summed E-state index contributed by atoms with van der Waals surface area (Å²) in [6.07, 6.45) is 14.2. The topological polar surface area (TPSA) is 82.5 Å². The molecule has 3 heterocycles. The van der Waals surface area contributed by atoms with E-state index in [0.29, 0.717) is 6.54 Å². The van der Waals surface area contributed by atoms with Crippen LogP contribution in [0.1, 0.15) is 30.1 Å². The molecule has 6 rings (SSSR count). The van der Waals surface area contributed by atoms with Crippen molar-refractivity contribution >= 4 is 22.3 Å². The molecule has 0 bridgehead atoms. The van der Waals surface area contributed by atoms with E-state index >= 15 is 0 Å². The molecule has 8 nitrogen and oxygen atoms in total. The number of anilines is 1. The number of nitrogens with zero attached hydrogens (tertiary/aromatic N) is 3. The normalized spacial score (nSPS) is 18.2. The lowest BCUT2D eigenvalue weighted by molar-refractivity contribution is 0.252. The van der Waals surface area contributed by atoms with Crippen molar-refractivity contribution in [2.24, 2.45) is 0 Å². The monoisotopic (exact) mass is 535 g/mol. The maximum absolute atomic E-state index is 6.16. The average Bonchev–Trinajstić information content (AvgIpc) is 3.42. The average molecular weight is 536 g/mol. The van der Waals surface area contributed by atoms with Gasteiger partial charge in [0.2, 0.25) is 0 Å². The Balaban J connectivity index is 1.34. The molecule has 0 fully saturated rings. The van der Waals surface area contributed by atoms with Crippen molar-refractivity contribution in [2.45, 2.75) is 31.5 Å². The zero-order valence-electron chi connectivity index (χ0n) is 22.7. The van der Waals surface area contributed by atoms with Crippen LogP contribution in [0.15, 0.2) is 91.3 Å². The number of nitrogens with one attached hydrogen (secondary N) is 2. The molecule has 8 heteroatoms. The number of methoxy groups -OCH3 is 2. The molecule has 0 amide bonds. The van der Waals surface area contributed by atoms with Crippen molar-refractivity contribution in [1.29, 1.82) is 0 Å². The molecule has 2 aromatic heterocycles. The van der Waals surface area contributed by atoms with E-state index in [0.717, 1.165) is 70.2 Å². The molecule has 0 saturated carbocycles. The van der Waals surface area contributed by atoms with Gasteiger partial charge in [-0.1, -0.05) is 30.4 Å². The molecule has 2 N–H and O–H groups in total. The molecule has 2 aliphatic rings. The highest BCUT2D eigenvalue weighted by molar-refractivity contribution is 6.00. The number of para-hydroxylation sites is 1.